The summed E-state index contributed by atoms with van der Waals surface area (Å²) in [6.07, 6.45) is 0. The van der Waals surface area contributed by atoms with Crippen LogP contribution in [0.5, 0.6) is 5.75 Å². The number of anilines is 2. The van der Waals surface area contributed by atoms with Crippen LogP contribution in [0.25, 0.3) is 0 Å². The smallest absolute Gasteiger partial charge is 0.259 e. The van der Waals surface area contributed by atoms with Gasteiger partial charge in [-0.1, -0.05) is 47.5 Å². The minimum absolute atomic E-state index is 0.199. The first-order chi connectivity index (χ1) is 12.9. The largest absolute Gasteiger partial charge is 0.488 e. The van der Waals surface area contributed by atoms with Crippen LogP contribution < -0.4 is 15.8 Å². The minimum Gasteiger partial charge on any atom is -0.488 e. The molecule has 0 fully saturated rings. The van der Waals surface area contributed by atoms with Crippen LogP contribution in [0.2, 0.25) is 10.0 Å². The second-order valence-electron chi connectivity index (χ2n) is 5.72. The third-order valence-corrected chi connectivity index (χ3v) is 4.40. The van der Waals surface area contributed by atoms with Gasteiger partial charge < -0.3 is 15.8 Å². The maximum atomic E-state index is 13.0. The van der Waals surface area contributed by atoms with E-state index < -0.39 is 0 Å². The highest BCUT2D eigenvalue weighted by Gasteiger charge is 2.14. The lowest BCUT2D eigenvalue weighted by Crippen LogP contribution is -2.14. The third-order valence-electron chi connectivity index (χ3n) is 3.78. The summed E-state index contributed by atoms with van der Waals surface area (Å²) in [6, 6.07) is 15.8. The van der Waals surface area contributed by atoms with Crippen molar-refractivity contribution in [3.63, 3.8) is 0 Å². The minimum atomic E-state index is -0.387. The molecule has 0 atom stereocenters. The molecule has 4 nitrogen and oxygen atoms in total. The van der Waals surface area contributed by atoms with Crippen LogP contribution in [-0.4, -0.2) is 5.91 Å². The number of nitrogens with one attached hydrogen (secondary N) is 1. The molecular formula is C20H15Cl2FN2O2. The molecule has 3 rings (SSSR count). The van der Waals surface area contributed by atoms with Crippen molar-refractivity contribution in [2.75, 3.05) is 11.1 Å². The van der Waals surface area contributed by atoms with Gasteiger partial charge in [-0.25, -0.2) is 4.39 Å². The van der Waals surface area contributed by atoms with Crippen LogP contribution in [0, 0.1) is 5.82 Å². The van der Waals surface area contributed by atoms with Crippen LogP contribution in [0.4, 0.5) is 15.8 Å². The Balaban J connectivity index is 1.76. The SMILES string of the molecule is Nc1c(Cl)cc(NC(=O)c2ccccc2OCc2ccc(F)cc2)cc1Cl. The average Bonchev–Trinajstić information content (AvgIpc) is 2.66. The van der Waals surface area contributed by atoms with Gasteiger partial charge in [-0.2, -0.15) is 0 Å². The molecule has 0 spiro atoms. The van der Waals surface area contributed by atoms with E-state index in [1.54, 1.807) is 36.4 Å². The molecule has 0 aliphatic heterocycles. The van der Waals surface area contributed by atoms with Crippen LogP contribution in [0.1, 0.15) is 15.9 Å². The molecule has 3 aromatic rings. The first-order valence-electron chi connectivity index (χ1n) is 7.96. The number of hydrogen-bond acceptors (Lipinski definition) is 3. The van der Waals surface area contributed by atoms with E-state index in [-0.39, 0.29) is 34.1 Å². The number of halogens is 3. The zero-order valence-electron chi connectivity index (χ0n) is 14.0. The van der Waals surface area contributed by atoms with E-state index in [1.165, 1.54) is 24.3 Å². The number of rotatable bonds is 5. The van der Waals surface area contributed by atoms with Gasteiger partial charge in [0.2, 0.25) is 0 Å². The van der Waals surface area contributed by atoms with E-state index in [0.717, 1.165) is 5.56 Å². The molecule has 0 unspecified atom stereocenters. The number of nitrogen functional groups attached to an aromatic ring is 1. The lowest BCUT2D eigenvalue weighted by atomic mass is 10.1. The van der Waals surface area contributed by atoms with Gasteiger partial charge in [-0.15, -0.1) is 0 Å². The Hall–Kier alpha value is -2.76. The second kappa shape index (κ2) is 8.29. The van der Waals surface area contributed by atoms with Crippen molar-refractivity contribution in [2.45, 2.75) is 6.61 Å². The standard InChI is InChI=1S/C20H15Cl2FN2O2/c21-16-9-14(10-17(22)19(16)24)25-20(26)15-3-1-2-4-18(15)27-11-12-5-7-13(23)8-6-12/h1-10H,11,24H2,(H,25,26). The highest BCUT2D eigenvalue weighted by atomic mass is 35.5. The molecule has 0 radical (unpaired) electrons. The first-order valence-corrected chi connectivity index (χ1v) is 8.72. The maximum Gasteiger partial charge on any atom is 0.259 e. The van der Waals surface area contributed by atoms with Gasteiger partial charge in [0.05, 0.1) is 21.3 Å². The fraction of sp³-hybridized carbons (Fsp3) is 0.0500. The number of benzene rings is 3. The zero-order chi connectivity index (χ0) is 19.4. The van der Waals surface area contributed by atoms with E-state index >= 15 is 0 Å². The summed E-state index contributed by atoms with van der Waals surface area (Å²) in [7, 11) is 0. The molecule has 0 heterocycles. The molecule has 27 heavy (non-hydrogen) atoms. The fourth-order valence-corrected chi connectivity index (χ4v) is 2.86. The van der Waals surface area contributed by atoms with E-state index in [2.05, 4.69) is 5.32 Å². The number of para-hydroxylation sites is 1. The van der Waals surface area contributed by atoms with Crippen LogP contribution >= 0.6 is 23.2 Å². The summed E-state index contributed by atoms with van der Waals surface area (Å²) < 4.78 is 18.7. The van der Waals surface area contributed by atoms with E-state index in [0.29, 0.717) is 17.0 Å². The van der Waals surface area contributed by atoms with Crippen molar-refractivity contribution in [2.24, 2.45) is 0 Å². The van der Waals surface area contributed by atoms with Gasteiger partial charge in [0.25, 0.3) is 5.91 Å². The highest BCUT2D eigenvalue weighted by Crippen LogP contribution is 2.31. The van der Waals surface area contributed by atoms with Gasteiger partial charge in [0, 0.05) is 5.69 Å². The number of carbonyl (C=O) groups excluding carboxylic acids is 1. The summed E-state index contributed by atoms with van der Waals surface area (Å²) in [5.41, 5.74) is 7.48. The summed E-state index contributed by atoms with van der Waals surface area (Å²) >= 11 is 12.0. The van der Waals surface area contributed by atoms with Gasteiger partial charge in [-0.3, -0.25) is 4.79 Å². The van der Waals surface area contributed by atoms with Crippen molar-refractivity contribution in [3.05, 3.63) is 87.7 Å². The quantitative estimate of drug-likeness (QED) is 0.548. The Morgan fingerprint density at radius 2 is 1.67 bits per heavy atom. The Morgan fingerprint density at radius 3 is 2.33 bits per heavy atom. The lowest BCUT2D eigenvalue weighted by molar-refractivity contribution is 0.102. The van der Waals surface area contributed by atoms with Crippen molar-refractivity contribution >= 4 is 40.5 Å². The van der Waals surface area contributed by atoms with Gasteiger partial charge >= 0.3 is 0 Å². The Labute approximate surface area is 165 Å². The normalized spacial score (nSPS) is 10.5. The van der Waals surface area contributed by atoms with Gasteiger partial charge in [-0.05, 0) is 42.0 Å². The molecule has 0 aromatic heterocycles. The predicted molar refractivity (Wildman–Crippen MR) is 106 cm³/mol. The maximum absolute atomic E-state index is 13.0. The van der Waals surface area contributed by atoms with Crippen LogP contribution in [-0.2, 0) is 6.61 Å². The van der Waals surface area contributed by atoms with Crippen molar-refractivity contribution < 1.29 is 13.9 Å². The number of carbonyl (C=O) groups is 1. The summed E-state index contributed by atoms with van der Waals surface area (Å²) in [5.74, 6) is -0.312. The number of hydrogen-bond donors (Lipinski definition) is 2. The monoisotopic (exact) mass is 404 g/mol. The average molecular weight is 405 g/mol. The Morgan fingerprint density at radius 1 is 1.04 bits per heavy atom. The molecule has 138 valence electrons. The van der Waals surface area contributed by atoms with Crippen molar-refractivity contribution in [1.29, 1.82) is 0 Å². The lowest BCUT2D eigenvalue weighted by Gasteiger charge is -2.13. The summed E-state index contributed by atoms with van der Waals surface area (Å²) in [5, 5.41) is 3.22. The Bertz CT molecular complexity index is 955. The predicted octanol–water partition coefficient (Wildman–Crippen LogP) is 5.55. The molecule has 3 aromatic carbocycles. The fourth-order valence-electron chi connectivity index (χ4n) is 2.38. The van der Waals surface area contributed by atoms with Gasteiger partial charge in [0.1, 0.15) is 18.2 Å². The van der Waals surface area contributed by atoms with Crippen molar-refractivity contribution in [3.8, 4) is 5.75 Å². The number of ether oxygens (including phenoxy) is 1. The Kier molecular flexibility index (Phi) is 5.84. The summed E-state index contributed by atoms with van der Waals surface area (Å²) in [4.78, 5) is 12.6. The third kappa shape index (κ3) is 4.70. The highest BCUT2D eigenvalue weighted by molar-refractivity contribution is 6.39. The molecule has 1 amide bonds. The molecule has 7 heteroatoms. The zero-order valence-corrected chi connectivity index (χ0v) is 15.5. The topological polar surface area (TPSA) is 64.3 Å². The summed E-state index contributed by atoms with van der Waals surface area (Å²) in [6.45, 7) is 0.199. The molecule has 0 saturated carbocycles. The van der Waals surface area contributed by atoms with Gasteiger partial charge in [0.15, 0.2) is 0 Å². The molecular weight excluding hydrogens is 390 g/mol. The van der Waals surface area contributed by atoms with E-state index in [4.69, 9.17) is 33.7 Å². The first kappa shape index (κ1) is 19.0. The molecule has 0 aliphatic rings. The van der Waals surface area contributed by atoms with E-state index in [1.807, 2.05) is 0 Å². The van der Waals surface area contributed by atoms with Crippen LogP contribution in [0.3, 0.4) is 0 Å². The molecule has 3 N–H and O–H groups in total. The van der Waals surface area contributed by atoms with Crippen molar-refractivity contribution in [1.82, 2.24) is 0 Å². The second-order valence-corrected chi connectivity index (χ2v) is 6.53. The molecule has 0 saturated heterocycles. The van der Waals surface area contributed by atoms with E-state index in [9.17, 15) is 9.18 Å². The molecule has 0 aliphatic carbocycles. The number of amides is 1. The van der Waals surface area contributed by atoms with Crippen LogP contribution in [0.15, 0.2) is 60.7 Å². The molecule has 0 bridgehead atoms. The number of nitrogens with two attached hydrogens (primary N) is 1.